The zero-order valence-corrected chi connectivity index (χ0v) is 8.29. The first-order valence-electron chi connectivity index (χ1n) is 4.88. The highest BCUT2D eigenvalue weighted by atomic mass is 16.7. The third kappa shape index (κ3) is 9.08. The van der Waals surface area contributed by atoms with Crippen LogP contribution in [0.3, 0.4) is 0 Å². The summed E-state index contributed by atoms with van der Waals surface area (Å²) < 4.78 is 0. The highest BCUT2D eigenvalue weighted by molar-refractivity contribution is 5.81. The molecule has 0 atom stereocenters. The fourth-order valence-electron chi connectivity index (χ4n) is 1.08. The van der Waals surface area contributed by atoms with Gasteiger partial charge in [0.15, 0.2) is 0 Å². The molecule has 2 N–H and O–H groups in total. The van der Waals surface area contributed by atoms with Crippen LogP contribution in [0.25, 0.3) is 0 Å². The molecule has 0 bridgehead atoms. The number of hydrogen-bond donors (Lipinski definition) is 1. The van der Waals surface area contributed by atoms with Crippen molar-refractivity contribution in [3.63, 3.8) is 0 Å². The van der Waals surface area contributed by atoms with E-state index in [-0.39, 0.29) is 0 Å². The summed E-state index contributed by atoms with van der Waals surface area (Å²) in [6.07, 6.45) is 10.3. The zero-order valence-electron chi connectivity index (χ0n) is 8.29. The van der Waals surface area contributed by atoms with E-state index >= 15 is 0 Å². The van der Waals surface area contributed by atoms with Crippen LogP contribution in [0.1, 0.15) is 45.4 Å². The monoisotopic (exact) mass is 185 g/mol. The predicted molar refractivity (Wildman–Crippen MR) is 52.8 cm³/mol. The summed E-state index contributed by atoms with van der Waals surface area (Å²) in [4.78, 5) is 14.5. The third-order valence-electron chi connectivity index (χ3n) is 1.84. The van der Waals surface area contributed by atoms with E-state index in [1.807, 2.05) is 0 Å². The van der Waals surface area contributed by atoms with E-state index in [9.17, 15) is 4.79 Å². The third-order valence-corrected chi connectivity index (χ3v) is 1.84. The Hall–Kier alpha value is -0.830. The first kappa shape index (κ1) is 12.2. The summed E-state index contributed by atoms with van der Waals surface area (Å²) in [6, 6.07) is 0. The predicted octanol–water partition coefficient (Wildman–Crippen LogP) is 2.32. The molecule has 0 unspecified atom stereocenters. The van der Waals surface area contributed by atoms with Crippen molar-refractivity contribution >= 4 is 5.97 Å². The van der Waals surface area contributed by atoms with Crippen LogP contribution in [0, 0.1) is 0 Å². The molecule has 0 aromatic heterocycles. The Labute approximate surface area is 79.9 Å². The first-order chi connectivity index (χ1) is 6.31. The van der Waals surface area contributed by atoms with Crippen molar-refractivity contribution in [2.45, 2.75) is 45.4 Å². The molecule has 0 spiro atoms. The fraction of sp³-hybridized carbons (Fsp3) is 0.700. The molecule has 13 heavy (non-hydrogen) atoms. The van der Waals surface area contributed by atoms with Crippen molar-refractivity contribution in [3.8, 4) is 0 Å². The van der Waals surface area contributed by atoms with Crippen LogP contribution in [0.4, 0.5) is 0 Å². The topological polar surface area (TPSA) is 52.3 Å². The first-order valence-corrected chi connectivity index (χ1v) is 4.88. The molecule has 0 aromatic carbocycles. The van der Waals surface area contributed by atoms with Gasteiger partial charge in [-0.25, -0.2) is 4.79 Å². The van der Waals surface area contributed by atoms with Crippen LogP contribution < -0.4 is 5.90 Å². The largest absolute Gasteiger partial charge is 0.370 e. The molecule has 0 aliphatic heterocycles. The van der Waals surface area contributed by atoms with Crippen LogP contribution in [-0.2, 0) is 9.63 Å². The van der Waals surface area contributed by atoms with Crippen molar-refractivity contribution in [1.82, 2.24) is 0 Å². The lowest BCUT2D eigenvalue weighted by molar-refractivity contribution is -0.138. The van der Waals surface area contributed by atoms with E-state index in [0.29, 0.717) is 0 Å². The van der Waals surface area contributed by atoms with Gasteiger partial charge in [-0.1, -0.05) is 38.7 Å². The highest BCUT2D eigenvalue weighted by Crippen LogP contribution is 2.05. The number of carbonyl (C=O) groups excluding carboxylic acids is 1. The van der Waals surface area contributed by atoms with E-state index in [0.717, 1.165) is 12.8 Å². The lowest BCUT2D eigenvalue weighted by atomic mass is 10.1. The van der Waals surface area contributed by atoms with Gasteiger partial charge in [-0.15, -0.1) is 0 Å². The Bertz CT molecular complexity index is 155. The second kappa shape index (κ2) is 9.26. The molecule has 0 saturated carbocycles. The quantitative estimate of drug-likeness (QED) is 0.376. The Morgan fingerprint density at radius 3 is 2.62 bits per heavy atom. The smallest absolute Gasteiger partial charge is 0.348 e. The molecule has 0 aliphatic rings. The summed E-state index contributed by atoms with van der Waals surface area (Å²) in [5.74, 6) is 4.17. The number of allylic oxidation sites excluding steroid dienone is 1. The Morgan fingerprint density at radius 1 is 1.31 bits per heavy atom. The highest BCUT2D eigenvalue weighted by Gasteiger charge is 1.90. The van der Waals surface area contributed by atoms with Crippen molar-refractivity contribution < 1.29 is 9.63 Å². The maximum absolute atomic E-state index is 10.5. The van der Waals surface area contributed by atoms with Crippen LogP contribution in [0.15, 0.2) is 12.2 Å². The van der Waals surface area contributed by atoms with Crippen LogP contribution >= 0.6 is 0 Å². The van der Waals surface area contributed by atoms with Gasteiger partial charge in [-0.2, -0.15) is 5.90 Å². The van der Waals surface area contributed by atoms with Gasteiger partial charge in [-0.3, -0.25) is 0 Å². The number of nitrogens with two attached hydrogens (primary N) is 1. The van der Waals surface area contributed by atoms with Crippen molar-refractivity contribution in [2.75, 3.05) is 0 Å². The molecule has 0 saturated heterocycles. The second-order valence-electron chi connectivity index (χ2n) is 3.04. The lowest BCUT2D eigenvalue weighted by Crippen LogP contribution is -2.05. The molecule has 0 fully saturated rings. The molecule has 3 nitrogen and oxygen atoms in total. The normalized spacial score (nSPS) is 10.6. The van der Waals surface area contributed by atoms with E-state index in [2.05, 4.69) is 17.7 Å². The Kier molecular flexibility index (Phi) is 8.67. The average Bonchev–Trinajstić information content (AvgIpc) is 2.16. The van der Waals surface area contributed by atoms with Crippen LogP contribution in [-0.4, -0.2) is 5.97 Å². The summed E-state index contributed by atoms with van der Waals surface area (Å²) in [5, 5.41) is 0. The van der Waals surface area contributed by atoms with E-state index < -0.39 is 5.97 Å². The van der Waals surface area contributed by atoms with Crippen molar-refractivity contribution in [1.29, 1.82) is 0 Å². The summed E-state index contributed by atoms with van der Waals surface area (Å²) in [7, 11) is 0. The van der Waals surface area contributed by atoms with E-state index in [1.165, 1.54) is 31.8 Å². The molecule has 0 heterocycles. The molecule has 0 aliphatic carbocycles. The molecule has 76 valence electrons. The SMILES string of the molecule is CCCCCCC/C=C/C(=O)ON. The van der Waals surface area contributed by atoms with Crippen molar-refractivity contribution in [3.05, 3.63) is 12.2 Å². The number of carbonyl (C=O) groups is 1. The minimum atomic E-state index is -0.478. The van der Waals surface area contributed by atoms with Crippen LogP contribution in [0.5, 0.6) is 0 Å². The van der Waals surface area contributed by atoms with Gasteiger partial charge in [0.25, 0.3) is 0 Å². The van der Waals surface area contributed by atoms with Crippen LogP contribution in [0.2, 0.25) is 0 Å². The van der Waals surface area contributed by atoms with Gasteiger partial charge in [0.1, 0.15) is 0 Å². The minimum Gasteiger partial charge on any atom is -0.370 e. The molecular weight excluding hydrogens is 166 g/mol. The summed E-state index contributed by atoms with van der Waals surface area (Å²) in [5.41, 5.74) is 0. The summed E-state index contributed by atoms with van der Waals surface area (Å²) >= 11 is 0. The Balaban J connectivity index is 3.15. The second-order valence-corrected chi connectivity index (χ2v) is 3.04. The lowest BCUT2D eigenvalue weighted by Gasteiger charge is -1.95. The van der Waals surface area contributed by atoms with E-state index in [4.69, 9.17) is 0 Å². The molecule has 3 heteroatoms. The fourth-order valence-corrected chi connectivity index (χ4v) is 1.08. The molecular formula is C10H19NO2. The zero-order chi connectivity index (χ0) is 9.94. The van der Waals surface area contributed by atoms with Gasteiger partial charge in [0.2, 0.25) is 0 Å². The summed E-state index contributed by atoms with van der Waals surface area (Å²) in [6.45, 7) is 2.19. The van der Waals surface area contributed by atoms with Gasteiger partial charge in [0.05, 0.1) is 0 Å². The van der Waals surface area contributed by atoms with Gasteiger partial charge >= 0.3 is 5.97 Å². The maximum Gasteiger partial charge on any atom is 0.348 e. The number of hydrogen-bond acceptors (Lipinski definition) is 3. The van der Waals surface area contributed by atoms with Gasteiger partial charge in [-0.05, 0) is 12.8 Å². The van der Waals surface area contributed by atoms with Gasteiger partial charge < -0.3 is 4.84 Å². The van der Waals surface area contributed by atoms with Crippen molar-refractivity contribution in [2.24, 2.45) is 5.90 Å². The molecule has 0 amide bonds. The average molecular weight is 185 g/mol. The molecule has 0 aromatic rings. The molecule has 0 rings (SSSR count). The van der Waals surface area contributed by atoms with E-state index in [1.54, 1.807) is 6.08 Å². The van der Waals surface area contributed by atoms with Gasteiger partial charge in [0, 0.05) is 6.08 Å². The Morgan fingerprint density at radius 2 is 2.00 bits per heavy atom. The number of unbranched alkanes of at least 4 members (excludes halogenated alkanes) is 5. The maximum atomic E-state index is 10.5. The minimum absolute atomic E-state index is 0.478. The molecule has 0 radical (unpaired) electrons. The number of rotatable bonds is 7. The standard InChI is InChI=1S/C10H19NO2/c1-2-3-4-5-6-7-8-9-10(12)13-11/h8-9H,2-7,11H2,1H3/b9-8+.